The van der Waals surface area contributed by atoms with E-state index in [1.165, 1.54) is 0 Å². The topological polar surface area (TPSA) is 169 Å². The van der Waals surface area contributed by atoms with Crippen molar-refractivity contribution in [1.82, 2.24) is 19.9 Å². The Morgan fingerprint density at radius 1 is 1.08 bits per heavy atom. The van der Waals surface area contributed by atoms with Crippen molar-refractivity contribution in [2.24, 2.45) is 23.7 Å². The number of aliphatic hydroxyl groups excluding tert-OH is 3. The molecule has 4 heterocycles. The number of esters is 1. The van der Waals surface area contributed by atoms with E-state index >= 15 is 0 Å². The molecule has 0 bridgehead atoms. The van der Waals surface area contributed by atoms with Crippen LogP contribution in [0.25, 0.3) is 11.3 Å². The van der Waals surface area contributed by atoms with E-state index in [0.29, 0.717) is 25.8 Å². The Balaban J connectivity index is 1.48. The first-order chi connectivity index (χ1) is 24.4. The van der Waals surface area contributed by atoms with Crippen molar-refractivity contribution in [3.63, 3.8) is 0 Å². The van der Waals surface area contributed by atoms with Gasteiger partial charge in [0.1, 0.15) is 24.0 Å². The lowest BCUT2D eigenvalue weighted by Gasteiger charge is -2.41. The molecule has 51 heavy (non-hydrogen) atoms. The van der Waals surface area contributed by atoms with Crippen LogP contribution in [0, 0.1) is 23.7 Å². The first kappa shape index (κ1) is 38.9. The van der Waals surface area contributed by atoms with Crippen molar-refractivity contribution in [2.45, 2.75) is 109 Å². The van der Waals surface area contributed by atoms with Crippen molar-refractivity contribution in [3.05, 3.63) is 60.3 Å². The normalized spacial score (nSPS) is 35.3. The molecule has 1 aromatic carbocycles. The maximum atomic E-state index is 13.6. The highest BCUT2D eigenvalue weighted by Crippen LogP contribution is 2.40. The molecule has 13 heteroatoms. The summed E-state index contributed by atoms with van der Waals surface area (Å²) < 4.78 is 26.0. The van der Waals surface area contributed by atoms with E-state index in [9.17, 15) is 24.9 Å². The Bertz CT molecular complexity index is 1510. The number of nitrogens with zero attached hydrogens (tertiary/aromatic N) is 4. The predicted octanol–water partition coefficient (Wildman–Crippen LogP) is 3.14. The average molecular weight is 711 g/mol. The molecule has 13 nitrogen and oxygen atoms in total. The molecule has 3 aliphatic heterocycles. The lowest BCUT2D eigenvalue weighted by molar-refractivity contribution is -0.269. The summed E-state index contributed by atoms with van der Waals surface area (Å²) in [6.07, 6.45) is 2.33. The average Bonchev–Trinajstić information content (AvgIpc) is 3.71. The fourth-order valence-electron chi connectivity index (χ4n) is 7.31. The summed E-state index contributed by atoms with van der Waals surface area (Å²) in [5.74, 6) is -2.64. The molecule has 3 aliphatic rings. The third-order valence-electron chi connectivity index (χ3n) is 10.4. The minimum absolute atomic E-state index is 0.0891. The van der Waals surface area contributed by atoms with Crippen LogP contribution in [0.4, 0.5) is 0 Å². The predicted molar refractivity (Wildman–Crippen MR) is 188 cm³/mol. The number of ether oxygens (including phenoxy) is 4. The summed E-state index contributed by atoms with van der Waals surface area (Å²) in [5.41, 5.74) is 2.41. The Labute approximate surface area is 300 Å². The smallest absolute Gasteiger partial charge is 0.308 e. The van der Waals surface area contributed by atoms with Crippen molar-refractivity contribution in [2.75, 3.05) is 20.7 Å². The molecule has 12 atom stereocenters. The van der Waals surface area contributed by atoms with E-state index < -0.39 is 60.7 Å². The molecule has 0 amide bonds. The van der Waals surface area contributed by atoms with Gasteiger partial charge in [-0.3, -0.25) is 14.3 Å². The molecule has 1 aromatic heterocycles. The van der Waals surface area contributed by atoms with Crippen LogP contribution in [0.2, 0.25) is 0 Å². The van der Waals surface area contributed by atoms with Gasteiger partial charge in [0, 0.05) is 29.9 Å². The van der Waals surface area contributed by atoms with Crippen LogP contribution < -0.4 is 0 Å². The number of likely N-dealkylation sites (N-methyl/N-ethyl adjacent to an activating group) is 1. The largest absolute Gasteiger partial charge is 0.462 e. The van der Waals surface area contributed by atoms with Gasteiger partial charge >= 0.3 is 5.97 Å². The maximum absolute atomic E-state index is 13.6. The molecule has 3 N–H and O–H groups in total. The number of ketones is 1. The van der Waals surface area contributed by atoms with Crippen LogP contribution >= 0.6 is 0 Å². The van der Waals surface area contributed by atoms with Gasteiger partial charge in [-0.25, -0.2) is 0 Å². The fraction of sp³-hybridized carbons (Fsp3) is 0.632. The molecular formula is C38H54N4O9. The number of aromatic nitrogens is 3. The molecule has 2 aromatic rings. The summed E-state index contributed by atoms with van der Waals surface area (Å²) in [5, 5.41) is 41.9. The number of benzene rings is 1. The van der Waals surface area contributed by atoms with Crippen molar-refractivity contribution >= 4 is 11.8 Å². The van der Waals surface area contributed by atoms with Gasteiger partial charge in [-0.1, -0.05) is 74.0 Å². The molecule has 5 rings (SSSR count). The first-order valence-corrected chi connectivity index (χ1v) is 18.0. The molecule has 280 valence electrons. The number of fused-ring (bicyclic) bond motifs is 1. The van der Waals surface area contributed by atoms with Gasteiger partial charge in [0.05, 0.1) is 37.5 Å². The van der Waals surface area contributed by atoms with Gasteiger partial charge in [-0.2, -0.15) is 0 Å². The summed E-state index contributed by atoms with van der Waals surface area (Å²) in [7, 11) is 3.71. The molecule has 12 unspecified atom stereocenters. The third-order valence-corrected chi connectivity index (χ3v) is 10.4. The van der Waals surface area contributed by atoms with Crippen LogP contribution in [0.1, 0.15) is 53.4 Å². The summed E-state index contributed by atoms with van der Waals surface area (Å²) in [4.78, 5) is 28.7. The fourth-order valence-corrected chi connectivity index (χ4v) is 7.31. The lowest BCUT2D eigenvalue weighted by atomic mass is 9.79. The Hall–Kier alpha value is -3.30. The van der Waals surface area contributed by atoms with E-state index in [4.69, 9.17) is 18.9 Å². The van der Waals surface area contributed by atoms with E-state index in [-0.39, 0.29) is 36.9 Å². The number of hydrogen-bond acceptors (Lipinski definition) is 12. The van der Waals surface area contributed by atoms with Crippen molar-refractivity contribution in [1.29, 1.82) is 0 Å². The monoisotopic (exact) mass is 710 g/mol. The molecule has 0 radical (unpaired) electrons. The second-order valence-electron chi connectivity index (χ2n) is 14.5. The summed E-state index contributed by atoms with van der Waals surface area (Å²) in [6, 6.07) is 9.35. The second kappa shape index (κ2) is 17.5. The van der Waals surface area contributed by atoms with Crippen molar-refractivity contribution < 1.29 is 43.9 Å². The highest BCUT2D eigenvalue weighted by Gasteiger charge is 2.58. The quantitative estimate of drug-likeness (QED) is 0.257. The summed E-state index contributed by atoms with van der Waals surface area (Å²) >= 11 is 0. The van der Waals surface area contributed by atoms with Gasteiger partial charge < -0.3 is 39.2 Å². The summed E-state index contributed by atoms with van der Waals surface area (Å²) in [6.45, 7) is 7.53. The van der Waals surface area contributed by atoms with Gasteiger partial charge in [0.2, 0.25) is 0 Å². The van der Waals surface area contributed by atoms with Gasteiger partial charge in [-0.15, -0.1) is 5.10 Å². The van der Waals surface area contributed by atoms with Crippen molar-refractivity contribution in [3.8, 4) is 11.3 Å². The third kappa shape index (κ3) is 9.78. The standard InChI is InChI=1S/C38H54N4O9/c1-7-31-27(21-43)17-22(2)13-14-29(44)23(3)18-26(15-16-42-20-28(39-40-42)25-11-9-8-10-12-25)35(24(4)30(45)19-32(46)48-31)49-37-34(47)33(41(5)6)36-38(50-36)51-37/h8-14,17,20,23-24,26-27,30-31,33-38,43,45,47H,7,15-16,18-19,21H2,1-6H3. The minimum Gasteiger partial charge on any atom is -0.462 e. The number of carbonyl (C=O) groups excluding carboxylic acids is 2. The van der Waals surface area contributed by atoms with Gasteiger partial charge in [0.15, 0.2) is 18.4 Å². The molecule has 2 saturated heterocycles. The lowest BCUT2D eigenvalue weighted by Crippen LogP contribution is -2.56. The number of aryl methyl sites for hydroxylation is 1. The van der Waals surface area contributed by atoms with E-state index in [1.54, 1.807) is 29.8 Å². The number of epoxide rings is 1. The van der Waals surface area contributed by atoms with Crippen LogP contribution in [-0.2, 0) is 35.1 Å². The number of hydrogen-bond donors (Lipinski definition) is 3. The number of rotatable bonds is 9. The maximum Gasteiger partial charge on any atom is 0.308 e. The van der Waals surface area contributed by atoms with E-state index in [1.807, 2.05) is 76.3 Å². The Morgan fingerprint density at radius 2 is 1.82 bits per heavy atom. The number of allylic oxidation sites excluding steroid dienone is 3. The molecule has 0 saturated carbocycles. The van der Waals surface area contributed by atoms with Gasteiger partial charge in [-0.05, 0) is 52.3 Å². The molecule has 0 spiro atoms. The van der Waals surface area contributed by atoms with Gasteiger partial charge in [0.25, 0.3) is 0 Å². The molecule has 0 aliphatic carbocycles. The number of cyclic esters (lactones) is 1. The van der Waals surface area contributed by atoms with Crippen LogP contribution in [0.3, 0.4) is 0 Å². The Kier molecular flexibility index (Phi) is 13.3. The first-order valence-electron chi connectivity index (χ1n) is 18.0. The van der Waals surface area contributed by atoms with Crippen LogP contribution in [0.5, 0.6) is 0 Å². The van der Waals surface area contributed by atoms with E-state index in [0.717, 1.165) is 16.8 Å². The highest BCUT2D eigenvalue weighted by molar-refractivity contribution is 5.91. The minimum atomic E-state index is -1.20. The SMILES string of the molecule is CCC1OC(=O)CC(O)C(C)C(OC2OC3OC3C(N(C)C)C2O)C(CCn2cc(-c3ccccc3)nn2)CC(C)C(=O)C=CC(C)=CC1CO. The zero-order valence-corrected chi connectivity index (χ0v) is 30.4. The zero-order valence-electron chi connectivity index (χ0n) is 30.4. The van der Waals surface area contributed by atoms with Crippen LogP contribution in [-0.4, -0.2) is 117 Å². The number of carbonyl (C=O) groups is 2. The number of aliphatic hydroxyl groups is 3. The van der Waals surface area contributed by atoms with E-state index in [2.05, 4.69) is 10.3 Å². The molecule has 2 fully saturated rings. The molecular weight excluding hydrogens is 656 g/mol. The Morgan fingerprint density at radius 3 is 2.51 bits per heavy atom. The zero-order chi connectivity index (χ0) is 36.8. The second-order valence-corrected chi connectivity index (χ2v) is 14.5. The van der Waals surface area contributed by atoms with Crippen LogP contribution in [0.15, 0.2) is 60.3 Å². The highest BCUT2D eigenvalue weighted by atomic mass is 16.8.